The minimum Gasteiger partial charge on any atom is -0.481 e. The fourth-order valence-corrected chi connectivity index (χ4v) is 2.60. The van der Waals surface area contributed by atoms with Crippen LogP contribution in [0.5, 0.6) is 0 Å². The van der Waals surface area contributed by atoms with Gasteiger partial charge in [0, 0.05) is 18.8 Å². The smallest absolute Gasteiger partial charge is 0.309 e. The Kier molecular flexibility index (Phi) is 4.26. The van der Waals surface area contributed by atoms with E-state index in [1.807, 2.05) is 0 Å². The summed E-state index contributed by atoms with van der Waals surface area (Å²) in [5.41, 5.74) is 0.276. The quantitative estimate of drug-likeness (QED) is 0.430. The second-order valence-electron chi connectivity index (χ2n) is 4.96. The van der Waals surface area contributed by atoms with Gasteiger partial charge >= 0.3 is 5.97 Å². The minimum atomic E-state index is -1.36. The zero-order chi connectivity index (χ0) is 15.7. The lowest BCUT2D eigenvalue weighted by atomic mass is 9.93. The summed E-state index contributed by atoms with van der Waals surface area (Å²) in [4.78, 5) is 26.1. The molecule has 0 aromatic carbocycles. The van der Waals surface area contributed by atoms with Crippen LogP contribution in [0.1, 0.15) is 30.5 Å². The van der Waals surface area contributed by atoms with Crippen molar-refractivity contribution >= 4 is 11.9 Å². The molecule has 116 valence electrons. The summed E-state index contributed by atoms with van der Waals surface area (Å²) < 4.78 is 1.37. The molecule has 0 radical (unpaired) electrons. The van der Waals surface area contributed by atoms with Crippen LogP contribution >= 0.6 is 0 Å². The van der Waals surface area contributed by atoms with E-state index in [1.165, 1.54) is 17.7 Å². The first-order valence-corrected chi connectivity index (χ1v) is 6.38. The molecule has 1 aliphatic heterocycles. The Morgan fingerprint density at radius 3 is 2.57 bits per heavy atom. The zero-order valence-electron chi connectivity index (χ0n) is 11.3. The molecule has 0 aliphatic carbocycles. The highest BCUT2D eigenvalue weighted by atomic mass is 16.4. The van der Waals surface area contributed by atoms with Gasteiger partial charge in [-0.15, -0.1) is 0 Å². The number of carbonyl (C=O) groups is 2. The molecule has 0 saturated carbocycles. The van der Waals surface area contributed by atoms with Gasteiger partial charge in [-0.3, -0.25) is 9.59 Å². The first-order chi connectivity index (χ1) is 9.86. The lowest BCUT2D eigenvalue weighted by Crippen LogP contribution is -2.51. The minimum absolute atomic E-state index is 0.207. The number of fused-ring (bicyclic) bond motifs is 1. The SMILES string of the molecule is CC(=O)N[C@H]1c2ncc(CC(=O)O)n2[C@H](CO)[C@H](O)[C@@H]1O. The Hall–Kier alpha value is -1.97. The molecule has 2 heterocycles. The molecule has 2 rings (SSSR count). The lowest BCUT2D eigenvalue weighted by molar-refractivity contribution is -0.136. The van der Waals surface area contributed by atoms with Crippen molar-refractivity contribution in [1.29, 1.82) is 0 Å². The molecule has 1 aromatic heterocycles. The molecule has 9 nitrogen and oxygen atoms in total. The molecule has 0 spiro atoms. The zero-order valence-corrected chi connectivity index (χ0v) is 11.3. The predicted octanol–water partition coefficient (Wildman–Crippen LogP) is -2.04. The molecule has 21 heavy (non-hydrogen) atoms. The number of hydrogen-bond acceptors (Lipinski definition) is 6. The molecule has 0 fully saturated rings. The van der Waals surface area contributed by atoms with Gasteiger partial charge in [0.2, 0.25) is 5.91 Å². The Labute approximate surface area is 119 Å². The van der Waals surface area contributed by atoms with Crippen molar-refractivity contribution in [3.05, 3.63) is 17.7 Å². The lowest BCUT2D eigenvalue weighted by Gasteiger charge is -2.38. The number of nitrogens with zero attached hydrogens (tertiary/aromatic N) is 2. The number of aliphatic carboxylic acids is 1. The van der Waals surface area contributed by atoms with E-state index in [0.717, 1.165) is 0 Å². The third-order valence-corrected chi connectivity index (χ3v) is 3.48. The summed E-state index contributed by atoms with van der Waals surface area (Å²) in [5.74, 6) is -1.31. The van der Waals surface area contributed by atoms with E-state index in [-0.39, 0.29) is 17.9 Å². The third-order valence-electron chi connectivity index (χ3n) is 3.48. The maximum atomic E-state index is 11.2. The fourth-order valence-electron chi connectivity index (χ4n) is 2.60. The number of carbonyl (C=O) groups excluding carboxylic acids is 1. The van der Waals surface area contributed by atoms with Gasteiger partial charge in [0.1, 0.15) is 24.1 Å². The van der Waals surface area contributed by atoms with E-state index in [9.17, 15) is 24.9 Å². The molecular formula is C12H17N3O6. The van der Waals surface area contributed by atoms with Crippen molar-refractivity contribution in [3.63, 3.8) is 0 Å². The maximum Gasteiger partial charge on any atom is 0.309 e. The summed E-state index contributed by atoms with van der Waals surface area (Å²) in [7, 11) is 0. The maximum absolute atomic E-state index is 11.2. The average molecular weight is 299 g/mol. The summed E-state index contributed by atoms with van der Waals surface area (Å²) in [5, 5.41) is 40.9. The highest BCUT2D eigenvalue weighted by Crippen LogP contribution is 2.33. The van der Waals surface area contributed by atoms with E-state index in [2.05, 4.69) is 10.3 Å². The van der Waals surface area contributed by atoms with Crippen LogP contribution in [0.25, 0.3) is 0 Å². The van der Waals surface area contributed by atoms with Gasteiger partial charge in [-0.2, -0.15) is 0 Å². The van der Waals surface area contributed by atoms with E-state index in [4.69, 9.17) is 5.11 Å². The van der Waals surface area contributed by atoms with Crippen molar-refractivity contribution in [3.8, 4) is 0 Å². The van der Waals surface area contributed by atoms with Crippen molar-refractivity contribution in [2.24, 2.45) is 0 Å². The van der Waals surface area contributed by atoms with Gasteiger partial charge in [-0.1, -0.05) is 0 Å². The normalized spacial score (nSPS) is 28.0. The van der Waals surface area contributed by atoms with Gasteiger partial charge in [0.05, 0.1) is 19.1 Å². The number of hydrogen-bond donors (Lipinski definition) is 5. The number of aromatic nitrogens is 2. The van der Waals surface area contributed by atoms with E-state index in [0.29, 0.717) is 0 Å². The van der Waals surface area contributed by atoms with Crippen molar-refractivity contribution in [2.45, 2.75) is 37.6 Å². The van der Waals surface area contributed by atoms with Crippen LogP contribution in [0.3, 0.4) is 0 Å². The van der Waals surface area contributed by atoms with Crippen LogP contribution in [0.4, 0.5) is 0 Å². The summed E-state index contributed by atoms with van der Waals surface area (Å²) in [6, 6.07) is -1.89. The second kappa shape index (κ2) is 5.80. The van der Waals surface area contributed by atoms with Gasteiger partial charge in [-0.25, -0.2) is 4.98 Å². The predicted molar refractivity (Wildman–Crippen MR) is 68.3 cm³/mol. The number of aliphatic hydroxyl groups excluding tert-OH is 3. The summed E-state index contributed by atoms with van der Waals surface area (Å²) in [6.07, 6.45) is -1.76. The first-order valence-electron chi connectivity index (χ1n) is 6.38. The van der Waals surface area contributed by atoms with Crippen LogP contribution in [-0.2, 0) is 16.0 Å². The van der Waals surface area contributed by atoms with Crippen LogP contribution < -0.4 is 5.32 Å². The molecule has 1 aromatic rings. The van der Waals surface area contributed by atoms with Crippen molar-refractivity contribution in [1.82, 2.24) is 14.9 Å². The van der Waals surface area contributed by atoms with Crippen LogP contribution in [0.15, 0.2) is 6.20 Å². The standard InChI is InChI=1S/C12H17N3O6/c1-5(17)14-9-11(21)10(20)7(4-16)15-6(2-8(18)19)3-13-12(9)15/h3,7,9-11,16,20-21H,2,4H2,1H3,(H,14,17)(H,18,19)/t7-,9-,10+,11-/m1/s1. The molecule has 1 aliphatic rings. The number of amides is 1. The molecule has 1 amide bonds. The second-order valence-corrected chi connectivity index (χ2v) is 4.96. The van der Waals surface area contributed by atoms with Crippen LogP contribution in [0, 0.1) is 0 Å². The molecule has 0 saturated heterocycles. The topological polar surface area (TPSA) is 145 Å². The summed E-state index contributed by atoms with van der Waals surface area (Å²) in [6.45, 7) is 0.754. The fraction of sp³-hybridized carbons (Fsp3) is 0.583. The molecule has 0 bridgehead atoms. The number of carboxylic acid groups (broad SMARTS) is 1. The molecule has 4 atom stereocenters. The van der Waals surface area contributed by atoms with E-state index >= 15 is 0 Å². The average Bonchev–Trinajstić information content (AvgIpc) is 2.78. The monoisotopic (exact) mass is 299 g/mol. The number of carboxylic acids is 1. The van der Waals surface area contributed by atoms with Crippen molar-refractivity contribution in [2.75, 3.05) is 6.61 Å². The Morgan fingerprint density at radius 2 is 2.05 bits per heavy atom. The third kappa shape index (κ3) is 2.75. The van der Waals surface area contributed by atoms with Gasteiger partial charge in [0.15, 0.2) is 0 Å². The Morgan fingerprint density at radius 1 is 1.38 bits per heavy atom. The highest BCUT2D eigenvalue weighted by molar-refractivity contribution is 5.73. The van der Waals surface area contributed by atoms with Gasteiger partial charge in [-0.05, 0) is 0 Å². The summed E-state index contributed by atoms with van der Waals surface area (Å²) >= 11 is 0. The largest absolute Gasteiger partial charge is 0.481 e. The highest BCUT2D eigenvalue weighted by Gasteiger charge is 2.43. The van der Waals surface area contributed by atoms with Crippen molar-refractivity contribution < 1.29 is 30.0 Å². The number of imidazole rings is 1. The number of rotatable bonds is 4. The van der Waals surface area contributed by atoms with Crippen LogP contribution in [0.2, 0.25) is 0 Å². The van der Waals surface area contributed by atoms with Crippen LogP contribution in [-0.4, -0.2) is 60.7 Å². The van der Waals surface area contributed by atoms with E-state index < -0.39 is 42.8 Å². The van der Waals surface area contributed by atoms with E-state index in [1.54, 1.807) is 0 Å². The molecular weight excluding hydrogens is 282 g/mol. The Bertz CT molecular complexity index is 557. The van der Waals surface area contributed by atoms with Gasteiger partial charge in [0.25, 0.3) is 0 Å². The molecule has 9 heteroatoms. The molecule has 5 N–H and O–H groups in total. The number of nitrogens with one attached hydrogen (secondary N) is 1. The first kappa shape index (κ1) is 15.4. The Balaban J connectivity index is 2.49. The van der Waals surface area contributed by atoms with Gasteiger partial charge < -0.3 is 30.3 Å². The number of aliphatic hydroxyl groups is 3. The molecule has 0 unspecified atom stereocenters.